The van der Waals surface area contributed by atoms with Crippen molar-refractivity contribution in [2.24, 2.45) is 0 Å². The minimum absolute atomic E-state index is 0.0147. The van der Waals surface area contributed by atoms with Crippen LogP contribution in [0.1, 0.15) is 37.0 Å². The zero-order valence-electron chi connectivity index (χ0n) is 17.1. The van der Waals surface area contributed by atoms with E-state index in [1.54, 1.807) is 12.2 Å². The summed E-state index contributed by atoms with van der Waals surface area (Å²) in [6.45, 7) is 2.99. The first-order chi connectivity index (χ1) is 14.1. The van der Waals surface area contributed by atoms with E-state index in [9.17, 15) is 27.6 Å². The van der Waals surface area contributed by atoms with Gasteiger partial charge in [-0.15, -0.1) is 0 Å². The van der Waals surface area contributed by atoms with Crippen LogP contribution in [0.5, 0.6) is 5.75 Å². The maximum atomic E-state index is 14.4. The van der Waals surface area contributed by atoms with Crippen molar-refractivity contribution in [3.05, 3.63) is 41.1 Å². The topological polar surface area (TPSA) is 84.9 Å². The smallest absolute Gasteiger partial charge is 0.425 e. The second-order valence-electron chi connectivity index (χ2n) is 6.66. The number of hydrogen-bond acceptors (Lipinski definition) is 5. The third-order valence-electron chi connectivity index (χ3n) is 4.91. The highest BCUT2D eigenvalue weighted by Gasteiger charge is 2.70. The number of benzene rings is 1. The summed E-state index contributed by atoms with van der Waals surface area (Å²) in [6.07, 6.45) is -4.30. The summed E-state index contributed by atoms with van der Waals surface area (Å²) in [4.78, 5) is 39.1. The molecule has 1 heterocycles. The number of alkyl halides is 3. The molecule has 7 nitrogen and oxygen atoms in total. The summed E-state index contributed by atoms with van der Waals surface area (Å²) in [6, 6.07) is 5.61. The molecule has 0 aliphatic carbocycles. The summed E-state index contributed by atoms with van der Waals surface area (Å²) < 4.78 is 52.8. The predicted molar refractivity (Wildman–Crippen MR) is 101 cm³/mol. The van der Waals surface area contributed by atoms with Crippen molar-refractivity contribution in [3.8, 4) is 5.75 Å². The van der Waals surface area contributed by atoms with Gasteiger partial charge in [-0.3, -0.25) is 9.59 Å². The van der Waals surface area contributed by atoms with Crippen LogP contribution in [0.15, 0.2) is 35.5 Å². The normalized spacial score (nSPS) is 19.2. The number of halogens is 3. The third kappa shape index (κ3) is 3.73. The lowest BCUT2D eigenvalue weighted by molar-refractivity contribution is -0.192. The Morgan fingerprint density at radius 1 is 1.20 bits per heavy atom. The Kier molecular flexibility index (Phi) is 6.79. The minimum Gasteiger partial charge on any atom is -0.496 e. The molecule has 1 aromatic carbocycles. The van der Waals surface area contributed by atoms with Crippen LogP contribution in [0.3, 0.4) is 0 Å². The molecule has 1 aliphatic heterocycles. The standard InChI is InChI=1S/C20H23F3N2O5/c1-5-6-11-25-12(2)15(17(27)30-4)19(18(25)28,20(21,22)23)24-16(26)13-9-7-8-10-14(13)29-3/h7-10H,5-6,11H2,1-4H3,(H,24,26)/t19-/m1/s1. The molecule has 10 heteroatoms. The van der Waals surface area contributed by atoms with Crippen molar-refractivity contribution in [1.82, 2.24) is 10.2 Å². The van der Waals surface area contributed by atoms with E-state index in [2.05, 4.69) is 4.74 Å². The fourth-order valence-corrected chi connectivity index (χ4v) is 3.38. The van der Waals surface area contributed by atoms with Crippen molar-refractivity contribution in [2.45, 2.75) is 38.4 Å². The number of rotatable bonds is 7. The Labute approximate surface area is 171 Å². The zero-order chi connectivity index (χ0) is 22.7. The molecular formula is C20H23F3N2O5. The van der Waals surface area contributed by atoms with Gasteiger partial charge in [-0.25, -0.2) is 4.79 Å². The van der Waals surface area contributed by atoms with E-state index < -0.39 is 35.1 Å². The Hall–Kier alpha value is -3.04. The number of esters is 1. The van der Waals surface area contributed by atoms with Crippen LogP contribution < -0.4 is 10.1 Å². The Balaban J connectivity index is 2.67. The number of para-hydroxylation sites is 1. The lowest BCUT2D eigenvalue weighted by Crippen LogP contribution is -2.66. The molecule has 0 bridgehead atoms. The van der Waals surface area contributed by atoms with E-state index in [0.717, 1.165) is 12.0 Å². The van der Waals surface area contributed by atoms with Crippen LogP contribution >= 0.6 is 0 Å². The fourth-order valence-electron chi connectivity index (χ4n) is 3.38. The molecule has 1 atom stereocenters. The third-order valence-corrected chi connectivity index (χ3v) is 4.91. The number of carbonyl (C=O) groups excluding carboxylic acids is 3. The Morgan fingerprint density at radius 3 is 2.37 bits per heavy atom. The van der Waals surface area contributed by atoms with Gasteiger partial charge in [-0.2, -0.15) is 13.2 Å². The summed E-state index contributed by atoms with van der Waals surface area (Å²) in [5.41, 5.74) is -4.96. The van der Waals surface area contributed by atoms with E-state index in [-0.39, 0.29) is 23.6 Å². The van der Waals surface area contributed by atoms with Crippen molar-refractivity contribution in [3.63, 3.8) is 0 Å². The molecule has 30 heavy (non-hydrogen) atoms. The number of nitrogens with zero attached hydrogens (tertiary/aromatic N) is 1. The number of methoxy groups -OCH3 is 2. The molecule has 164 valence electrons. The quantitative estimate of drug-likeness (QED) is 0.675. The van der Waals surface area contributed by atoms with Crippen LogP contribution in [0.2, 0.25) is 0 Å². The number of ether oxygens (including phenoxy) is 2. The van der Waals surface area contributed by atoms with Gasteiger partial charge in [0.15, 0.2) is 0 Å². The van der Waals surface area contributed by atoms with Crippen molar-refractivity contribution in [1.29, 1.82) is 0 Å². The largest absolute Gasteiger partial charge is 0.496 e. The summed E-state index contributed by atoms with van der Waals surface area (Å²) in [7, 11) is 2.16. The molecule has 0 aromatic heterocycles. The van der Waals surface area contributed by atoms with Crippen LogP contribution in [0.4, 0.5) is 13.2 Å². The van der Waals surface area contributed by atoms with E-state index in [1.165, 1.54) is 38.3 Å². The van der Waals surface area contributed by atoms with E-state index >= 15 is 0 Å². The van der Waals surface area contributed by atoms with Gasteiger partial charge in [0.25, 0.3) is 17.4 Å². The van der Waals surface area contributed by atoms with Gasteiger partial charge in [0.1, 0.15) is 11.3 Å². The molecule has 0 fully saturated rings. The molecular weight excluding hydrogens is 405 g/mol. The maximum Gasteiger partial charge on any atom is 0.425 e. The second kappa shape index (κ2) is 8.76. The Bertz CT molecular complexity index is 881. The fraction of sp³-hybridized carbons (Fsp3) is 0.450. The molecule has 1 aliphatic rings. The van der Waals surface area contributed by atoms with Gasteiger partial charge in [0.05, 0.1) is 19.8 Å². The first kappa shape index (κ1) is 23.2. The maximum absolute atomic E-state index is 14.4. The number of nitrogens with one attached hydrogen (secondary N) is 1. The predicted octanol–water partition coefficient (Wildman–Crippen LogP) is 2.82. The molecule has 0 unspecified atom stereocenters. The summed E-state index contributed by atoms with van der Waals surface area (Å²) in [5, 5.41) is 1.78. The van der Waals surface area contributed by atoms with E-state index in [1.807, 2.05) is 0 Å². The molecule has 0 radical (unpaired) electrons. The van der Waals surface area contributed by atoms with E-state index in [0.29, 0.717) is 12.8 Å². The molecule has 2 rings (SSSR count). The van der Waals surface area contributed by atoms with Gasteiger partial charge in [-0.05, 0) is 25.5 Å². The van der Waals surface area contributed by atoms with Crippen molar-refractivity contribution in [2.75, 3.05) is 20.8 Å². The van der Waals surface area contributed by atoms with Crippen LogP contribution in [-0.2, 0) is 14.3 Å². The average molecular weight is 428 g/mol. The number of unbranched alkanes of at least 4 members (excludes halogenated alkanes) is 1. The van der Waals surface area contributed by atoms with Crippen LogP contribution in [0, 0.1) is 0 Å². The van der Waals surface area contributed by atoms with Crippen LogP contribution in [0.25, 0.3) is 0 Å². The molecule has 0 saturated carbocycles. The molecule has 0 saturated heterocycles. The molecule has 1 N–H and O–H groups in total. The van der Waals surface area contributed by atoms with Crippen molar-refractivity contribution >= 4 is 17.8 Å². The van der Waals surface area contributed by atoms with E-state index in [4.69, 9.17) is 4.74 Å². The summed E-state index contributed by atoms with van der Waals surface area (Å²) >= 11 is 0. The number of carbonyl (C=O) groups is 3. The summed E-state index contributed by atoms with van der Waals surface area (Å²) in [5.74, 6) is -4.01. The number of amides is 2. The highest BCUT2D eigenvalue weighted by molar-refractivity contribution is 6.12. The molecule has 0 spiro atoms. The molecule has 1 aromatic rings. The highest BCUT2D eigenvalue weighted by atomic mass is 19.4. The lowest BCUT2D eigenvalue weighted by Gasteiger charge is -2.33. The van der Waals surface area contributed by atoms with Gasteiger partial charge in [-0.1, -0.05) is 25.5 Å². The number of hydrogen-bond donors (Lipinski definition) is 1. The molecule has 2 amide bonds. The van der Waals surface area contributed by atoms with Gasteiger partial charge in [0, 0.05) is 12.2 Å². The average Bonchev–Trinajstić information content (AvgIpc) is 2.92. The van der Waals surface area contributed by atoms with Gasteiger partial charge >= 0.3 is 12.1 Å². The minimum atomic E-state index is -5.31. The first-order valence-corrected chi connectivity index (χ1v) is 9.20. The lowest BCUT2D eigenvalue weighted by atomic mass is 9.88. The van der Waals surface area contributed by atoms with Crippen LogP contribution in [-0.4, -0.2) is 55.2 Å². The number of allylic oxidation sites excluding steroid dienone is 1. The Morgan fingerprint density at radius 2 is 1.83 bits per heavy atom. The van der Waals surface area contributed by atoms with Gasteiger partial charge < -0.3 is 19.7 Å². The highest BCUT2D eigenvalue weighted by Crippen LogP contribution is 2.45. The second-order valence-corrected chi connectivity index (χ2v) is 6.66. The van der Waals surface area contributed by atoms with Crippen molar-refractivity contribution < 1.29 is 37.0 Å². The SMILES string of the molecule is CCCCN1C(=O)[C@@](NC(=O)c2ccccc2OC)(C(F)(F)F)C(C(=O)OC)=C1C. The first-order valence-electron chi connectivity index (χ1n) is 9.20. The zero-order valence-corrected chi connectivity index (χ0v) is 17.1. The van der Waals surface area contributed by atoms with Gasteiger partial charge in [0.2, 0.25) is 0 Å². The monoisotopic (exact) mass is 428 g/mol.